The molecule has 0 saturated heterocycles. The molecule has 1 N–H and O–H groups in total. The van der Waals surface area contributed by atoms with Crippen LogP contribution < -0.4 is 5.32 Å². The van der Waals surface area contributed by atoms with Crippen molar-refractivity contribution in [3.05, 3.63) is 108 Å². The van der Waals surface area contributed by atoms with E-state index in [9.17, 15) is 0 Å². The maximum atomic E-state index is 3.52. The molecule has 0 bridgehead atoms. The van der Waals surface area contributed by atoms with Crippen LogP contribution in [0.5, 0.6) is 0 Å². The van der Waals surface area contributed by atoms with Crippen molar-refractivity contribution < 1.29 is 0 Å². The molecule has 0 spiro atoms. The Morgan fingerprint density at radius 2 is 0.697 bits per heavy atom. The van der Waals surface area contributed by atoms with Gasteiger partial charge < -0.3 is 5.32 Å². The van der Waals surface area contributed by atoms with E-state index < -0.39 is 0 Å². The summed E-state index contributed by atoms with van der Waals surface area (Å²) in [4.78, 5) is 0. The molecular formula is C32H35N. The summed E-state index contributed by atoms with van der Waals surface area (Å²) in [6.07, 6.45) is 2.26. The molecule has 0 radical (unpaired) electrons. The summed E-state index contributed by atoms with van der Waals surface area (Å²) in [7, 11) is 0. The van der Waals surface area contributed by atoms with Crippen LogP contribution in [-0.4, -0.2) is 0 Å². The Balaban J connectivity index is 1.39. The summed E-state index contributed by atoms with van der Waals surface area (Å²) >= 11 is 0. The van der Waals surface area contributed by atoms with Gasteiger partial charge in [-0.1, -0.05) is 100 Å². The fourth-order valence-corrected chi connectivity index (χ4v) is 4.27. The van der Waals surface area contributed by atoms with Crippen molar-refractivity contribution in [2.24, 2.45) is 11.8 Å². The molecule has 0 unspecified atom stereocenters. The molecule has 4 aromatic rings. The standard InChI is InChI=1S/C32H35N/c1-23(2)21-25-5-9-27(10-6-25)29-13-17-31(18-14-29)33-32-19-15-30(16-20-32)28-11-7-26(8-12-28)22-24(3)4/h5-20,23-24,33H,21-22H2,1-4H3. The van der Waals surface area contributed by atoms with Crippen LogP contribution in [0.2, 0.25) is 0 Å². The Morgan fingerprint density at radius 3 is 0.970 bits per heavy atom. The van der Waals surface area contributed by atoms with Crippen LogP contribution in [0.15, 0.2) is 97.1 Å². The molecule has 168 valence electrons. The van der Waals surface area contributed by atoms with E-state index in [-0.39, 0.29) is 0 Å². The van der Waals surface area contributed by atoms with Gasteiger partial charge in [-0.25, -0.2) is 0 Å². The minimum atomic E-state index is 0.686. The van der Waals surface area contributed by atoms with Gasteiger partial charge in [0.25, 0.3) is 0 Å². The Kier molecular flexibility index (Phi) is 7.29. The largest absolute Gasteiger partial charge is 0.356 e. The first-order chi connectivity index (χ1) is 16.0. The molecule has 0 atom stereocenters. The zero-order valence-electron chi connectivity index (χ0n) is 20.3. The third-order valence-corrected chi connectivity index (χ3v) is 5.92. The van der Waals surface area contributed by atoms with Gasteiger partial charge in [0.15, 0.2) is 0 Å². The first kappa shape index (κ1) is 22.9. The number of nitrogens with one attached hydrogen (secondary N) is 1. The molecular weight excluding hydrogens is 398 g/mol. The average Bonchev–Trinajstić information content (AvgIpc) is 2.81. The molecule has 1 nitrogen and oxygen atoms in total. The van der Waals surface area contributed by atoms with Crippen LogP contribution >= 0.6 is 0 Å². The highest BCUT2D eigenvalue weighted by molar-refractivity contribution is 5.71. The molecule has 0 fully saturated rings. The smallest absolute Gasteiger partial charge is 0.0384 e. The predicted molar refractivity (Wildman–Crippen MR) is 144 cm³/mol. The van der Waals surface area contributed by atoms with Crippen molar-refractivity contribution in [1.82, 2.24) is 0 Å². The molecule has 4 aromatic carbocycles. The van der Waals surface area contributed by atoms with E-state index in [0.29, 0.717) is 11.8 Å². The summed E-state index contributed by atoms with van der Waals surface area (Å²) < 4.78 is 0. The SMILES string of the molecule is CC(C)Cc1ccc(-c2ccc(Nc3ccc(-c4ccc(CC(C)C)cc4)cc3)cc2)cc1. The minimum Gasteiger partial charge on any atom is -0.356 e. The van der Waals surface area contributed by atoms with Crippen LogP contribution in [-0.2, 0) is 12.8 Å². The lowest BCUT2D eigenvalue weighted by atomic mass is 9.99. The van der Waals surface area contributed by atoms with Crippen LogP contribution in [0.4, 0.5) is 11.4 Å². The summed E-state index contributed by atoms with van der Waals surface area (Å²) in [5, 5.41) is 3.52. The number of hydrogen-bond donors (Lipinski definition) is 1. The van der Waals surface area contributed by atoms with E-state index in [0.717, 1.165) is 24.2 Å². The van der Waals surface area contributed by atoms with Crippen LogP contribution in [0.25, 0.3) is 22.3 Å². The summed E-state index contributed by atoms with van der Waals surface area (Å²) in [6.45, 7) is 9.05. The summed E-state index contributed by atoms with van der Waals surface area (Å²) in [5.41, 5.74) is 10.0. The van der Waals surface area contributed by atoms with Crippen LogP contribution in [0, 0.1) is 11.8 Å². The molecule has 1 heteroatoms. The van der Waals surface area contributed by atoms with Gasteiger partial charge in [0.2, 0.25) is 0 Å². The number of anilines is 2. The van der Waals surface area contributed by atoms with Crippen molar-refractivity contribution >= 4 is 11.4 Å². The molecule has 0 saturated carbocycles. The lowest BCUT2D eigenvalue weighted by Gasteiger charge is -2.10. The van der Waals surface area contributed by atoms with Crippen molar-refractivity contribution in [3.8, 4) is 22.3 Å². The van der Waals surface area contributed by atoms with Crippen molar-refractivity contribution in [1.29, 1.82) is 0 Å². The lowest BCUT2D eigenvalue weighted by molar-refractivity contribution is 0.647. The van der Waals surface area contributed by atoms with Crippen molar-refractivity contribution in [2.45, 2.75) is 40.5 Å². The fraction of sp³-hybridized carbons (Fsp3) is 0.250. The maximum Gasteiger partial charge on any atom is 0.0384 e. The molecule has 0 aliphatic rings. The monoisotopic (exact) mass is 433 g/mol. The number of benzene rings is 4. The first-order valence-corrected chi connectivity index (χ1v) is 12.1. The van der Waals surface area contributed by atoms with Gasteiger partial charge in [-0.05, 0) is 82.3 Å². The molecule has 0 heterocycles. The van der Waals surface area contributed by atoms with E-state index in [1.54, 1.807) is 0 Å². The molecule has 0 amide bonds. The van der Waals surface area contributed by atoms with Gasteiger partial charge in [0.1, 0.15) is 0 Å². The highest BCUT2D eigenvalue weighted by atomic mass is 14.9. The van der Waals surface area contributed by atoms with Crippen molar-refractivity contribution in [2.75, 3.05) is 5.32 Å². The third kappa shape index (κ3) is 6.35. The number of rotatable bonds is 8. The van der Waals surface area contributed by atoms with E-state index >= 15 is 0 Å². The molecule has 0 aliphatic heterocycles. The van der Waals surface area contributed by atoms with Gasteiger partial charge >= 0.3 is 0 Å². The lowest BCUT2D eigenvalue weighted by Crippen LogP contribution is -1.94. The fourth-order valence-electron chi connectivity index (χ4n) is 4.27. The highest BCUT2D eigenvalue weighted by Crippen LogP contribution is 2.26. The zero-order valence-corrected chi connectivity index (χ0v) is 20.3. The normalized spacial score (nSPS) is 11.2. The first-order valence-electron chi connectivity index (χ1n) is 12.1. The summed E-state index contributed by atoms with van der Waals surface area (Å²) in [5.74, 6) is 1.37. The molecule has 33 heavy (non-hydrogen) atoms. The molecule has 0 aliphatic carbocycles. The third-order valence-electron chi connectivity index (χ3n) is 5.92. The Hall–Kier alpha value is -3.32. The zero-order chi connectivity index (χ0) is 23.2. The summed E-state index contributed by atoms with van der Waals surface area (Å²) in [6, 6.07) is 35.3. The van der Waals surface area contributed by atoms with E-state index in [4.69, 9.17) is 0 Å². The Bertz CT molecular complexity index is 1040. The second-order valence-corrected chi connectivity index (χ2v) is 9.87. The molecule has 4 rings (SSSR count). The van der Waals surface area contributed by atoms with Gasteiger partial charge in [-0.3, -0.25) is 0 Å². The quantitative estimate of drug-likeness (QED) is 0.292. The topological polar surface area (TPSA) is 12.0 Å². The minimum absolute atomic E-state index is 0.686. The van der Waals surface area contributed by atoms with Gasteiger partial charge in [-0.2, -0.15) is 0 Å². The Morgan fingerprint density at radius 1 is 0.424 bits per heavy atom. The Labute approximate surface area is 199 Å². The van der Waals surface area contributed by atoms with Crippen molar-refractivity contribution in [3.63, 3.8) is 0 Å². The second kappa shape index (κ2) is 10.5. The second-order valence-electron chi connectivity index (χ2n) is 9.87. The van der Waals surface area contributed by atoms with Crippen LogP contribution in [0.3, 0.4) is 0 Å². The highest BCUT2D eigenvalue weighted by Gasteiger charge is 2.03. The maximum absolute atomic E-state index is 3.52. The van der Waals surface area contributed by atoms with Crippen LogP contribution in [0.1, 0.15) is 38.8 Å². The average molecular weight is 434 g/mol. The van der Waals surface area contributed by atoms with Gasteiger partial charge in [0.05, 0.1) is 0 Å². The van der Waals surface area contributed by atoms with E-state index in [1.165, 1.54) is 33.4 Å². The van der Waals surface area contributed by atoms with Gasteiger partial charge in [0, 0.05) is 11.4 Å². The number of hydrogen-bond acceptors (Lipinski definition) is 1. The van der Waals surface area contributed by atoms with E-state index in [2.05, 4.69) is 130 Å². The van der Waals surface area contributed by atoms with E-state index in [1.807, 2.05) is 0 Å². The van der Waals surface area contributed by atoms with Gasteiger partial charge in [-0.15, -0.1) is 0 Å². The predicted octanol–water partition coefficient (Wildman–Crippen LogP) is 9.16. The molecule has 0 aromatic heterocycles.